The molecule has 0 aliphatic heterocycles. The van der Waals surface area contributed by atoms with Gasteiger partial charge in [0.25, 0.3) is 0 Å². The van der Waals surface area contributed by atoms with Crippen LogP contribution in [0.1, 0.15) is 16.8 Å². The molecule has 0 radical (unpaired) electrons. The number of aryl methyl sites for hydroxylation is 1. The summed E-state index contributed by atoms with van der Waals surface area (Å²) in [6, 6.07) is 12.4. The lowest BCUT2D eigenvalue weighted by Gasteiger charge is -2.14. The number of hydrogen-bond donors (Lipinski definition) is 1. The molecule has 2 rings (SSSR count). The van der Waals surface area contributed by atoms with Crippen LogP contribution in [0, 0.1) is 22.9 Å². The number of pyridine rings is 1. The highest BCUT2D eigenvalue weighted by Gasteiger charge is 2.03. The molecular formula is C14H10N3OS-. The molecule has 5 heteroatoms. The highest BCUT2D eigenvalue weighted by molar-refractivity contribution is 7.71. The molecule has 0 atom stereocenters. The summed E-state index contributed by atoms with van der Waals surface area (Å²) in [6.45, 7) is 1.73. The maximum absolute atomic E-state index is 12.1. The fourth-order valence-corrected chi connectivity index (χ4v) is 1.87. The van der Waals surface area contributed by atoms with Gasteiger partial charge in [-0.05, 0) is 31.0 Å². The first-order valence-corrected chi connectivity index (χ1v) is 5.98. The van der Waals surface area contributed by atoms with Gasteiger partial charge in [-0.1, -0.05) is 30.4 Å². The van der Waals surface area contributed by atoms with Crippen LogP contribution in [-0.2, 0) is 0 Å². The van der Waals surface area contributed by atoms with Crippen molar-refractivity contribution in [1.29, 1.82) is 5.26 Å². The van der Waals surface area contributed by atoms with Crippen molar-refractivity contribution in [3.8, 4) is 6.07 Å². The Balaban J connectivity index is 2.51. The lowest BCUT2D eigenvalue weighted by atomic mass is 10.1. The van der Waals surface area contributed by atoms with Crippen molar-refractivity contribution in [2.75, 3.05) is 0 Å². The third-order valence-electron chi connectivity index (χ3n) is 2.58. The van der Waals surface area contributed by atoms with Gasteiger partial charge in [-0.3, -0.25) is 4.99 Å². The monoisotopic (exact) mass is 268 g/mol. The van der Waals surface area contributed by atoms with E-state index in [0.717, 1.165) is 0 Å². The van der Waals surface area contributed by atoms with Crippen LogP contribution >= 0.6 is 12.2 Å². The molecule has 0 saturated heterocycles. The number of benzene rings is 1. The van der Waals surface area contributed by atoms with Crippen LogP contribution in [0.2, 0.25) is 0 Å². The number of aromatic nitrogens is 1. The largest absolute Gasteiger partial charge is 0.858 e. The first-order chi connectivity index (χ1) is 9.11. The lowest BCUT2D eigenvalue weighted by Crippen LogP contribution is -2.20. The number of rotatable bonds is 2. The number of H-pyrrole nitrogens is 1. The Morgan fingerprint density at radius 3 is 2.68 bits per heavy atom. The number of nitriles is 1. The highest BCUT2D eigenvalue weighted by Crippen LogP contribution is 2.14. The van der Waals surface area contributed by atoms with E-state index in [-0.39, 0.29) is 5.56 Å². The van der Waals surface area contributed by atoms with Gasteiger partial charge in [-0.25, -0.2) is 0 Å². The number of nitrogens with one attached hydrogen (secondary N) is 1. The Bertz CT molecular complexity index is 727. The van der Waals surface area contributed by atoms with Crippen molar-refractivity contribution >= 4 is 23.8 Å². The first kappa shape index (κ1) is 13.0. The molecule has 0 saturated carbocycles. The lowest BCUT2D eigenvalue weighted by molar-refractivity contribution is -0.212. The average Bonchev–Trinajstić information content (AvgIpc) is 2.40. The fraction of sp³-hybridized carbons (Fsp3) is 0.0714. The zero-order valence-electron chi connectivity index (χ0n) is 10.2. The molecule has 0 fully saturated rings. The van der Waals surface area contributed by atoms with E-state index in [9.17, 15) is 5.11 Å². The van der Waals surface area contributed by atoms with Crippen molar-refractivity contribution in [1.82, 2.24) is 4.98 Å². The summed E-state index contributed by atoms with van der Waals surface area (Å²) in [7, 11) is 0. The quantitative estimate of drug-likeness (QED) is 0.516. The van der Waals surface area contributed by atoms with Crippen LogP contribution in [-0.4, -0.2) is 10.9 Å². The summed E-state index contributed by atoms with van der Waals surface area (Å²) in [6.07, 6.45) is 0. The summed E-state index contributed by atoms with van der Waals surface area (Å²) in [5.41, 5.74) is 1.81. The normalized spacial score (nSPS) is 11.1. The number of hydrogen-bond acceptors (Lipinski definition) is 4. The Morgan fingerprint density at radius 1 is 1.37 bits per heavy atom. The highest BCUT2D eigenvalue weighted by atomic mass is 32.1. The molecule has 0 unspecified atom stereocenters. The summed E-state index contributed by atoms with van der Waals surface area (Å²) in [5, 5.41) is 21.0. The third-order valence-corrected chi connectivity index (χ3v) is 2.90. The summed E-state index contributed by atoms with van der Waals surface area (Å²) in [5.74, 6) is -0.397. The molecule has 1 aromatic heterocycles. The number of para-hydroxylation sites is 1. The van der Waals surface area contributed by atoms with E-state index in [1.54, 1.807) is 31.2 Å². The molecule has 2 aromatic rings. The average molecular weight is 268 g/mol. The second-order valence-corrected chi connectivity index (χ2v) is 4.32. The standard InChI is InChI=1S/C14H11N3OS/c1-9-12(7-10(8-15)14(19)16-9)13(18)17-11-5-3-2-4-6-11/h2-7H,1H3,(H,16,19)(H,17,18)/p-1. The van der Waals surface area contributed by atoms with Crippen molar-refractivity contribution in [3.63, 3.8) is 0 Å². The number of aromatic amines is 1. The summed E-state index contributed by atoms with van der Waals surface area (Å²) >= 11 is 4.99. The van der Waals surface area contributed by atoms with Gasteiger partial charge in [0.15, 0.2) is 0 Å². The number of nitrogens with zero attached hydrogens (tertiary/aromatic N) is 2. The predicted octanol–water partition coefficient (Wildman–Crippen LogP) is 2.36. The molecule has 4 nitrogen and oxygen atoms in total. The molecule has 1 heterocycles. The minimum Gasteiger partial charge on any atom is -0.858 e. The van der Waals surface area contributed by atoms with E-state index in [1.807, 2.05) is 12.1 Å². The van der Waals surface area contributed by atoms with Crippen LogP contribution in [0.5, 0.6) is 0 Å². The minimum absolute atomic E-state index is 0.271. The molecule has 1 N–H and O–H groups in total. The van der Waals surface area contributed by atoms with Crippen molar-refractivity contribution in [2.45, 2.75) is 6.92 Å². The van der Waals surface area contributed by atoms with E-state index < -0.39 is 5.90 Å². The van der Waals surface area contributed by atoms with Crippen molar-refractivity contribution < 1.29 is 5.11 Å². The molecule has 0 spiro atoms. The van der Waals surface area contributed by atoms with E-state index in [0.29, 0.717) is 21.6 Å². The van der Waals surface area contributed by atoms with Gasteiger partial charge >= 0.3 is 0 Å². The Labute approximate surface area is 115 Å². The Morgan fingerprint density at radius 2 is 2.05 bits per heavy atom. The molecule has 1 aromatic carbocycles. The SMILES string of the molecule is Cc1[nH]c(=S)c(C#N)cc1C([O-])=Nc1ccccc1. The van der Waals surface area contributed by atoms with Gasteiger partial charge in [0, 0.05) is 11.3 Å². The zero-order valence-corrected chi connectivity index (χ0v) is 11.0. The van der Waals surface area contributed by atoms with Gasteiger partial charge in [-0.2, -0.15) is 5.26 Å². The number of aliphatic imine (C=N–C) groups is 1. The van der Waals surface area contributed by atoms with Crippen LogP contribution in [0.15, 0.2) is 41.4 Å². The van der Waals surface area contributed by atoms with E-state index in [1.165, 1.54) is 6.07 Å². The Hall–Kier alpha value is -2.45. The second-order valence-electron chi connectivity index (χ2n) is 3.92. The van der Waals surface area contributed by atoms with Crippen molar-refractivity contribution in [2.24, 2.45) is 4.99 Å². The van der Waals surface area contributed by atoms with Crippen LogP contribution < -0.4 is 5.11 Å². The fourth-order valence-electron chi connectivity index (χ4n) is 1.61. The second kappa shape index (κ2) is 5.46. The van der Waals surface area contributed by atoms with Crippen molar-refractivity contribution in [3.05, 3.63) is 57.9 Å². The van der Waals surface area contributed by atoms with Crippen LogP contribution in [0.4, 0.5) is 5.69 Å². The van der Waals surface area contributed by atoms with Gasteiger partial charge in [-0.15, -0.1) is 0 Å². The van der Waals surface area contributed by atoms with E-state index in [2.05, 4.69) is 9.98 Å². The molecule has 94 valence electrons. The van der Waals surface area contributed by atoms with Gasteiger partial charge in [0.1, 0.15) is 10.7 Å². The molecule has 0 bridgehead atoms. The molecule has 19 heavy (non-hydrogen) atoms. The minimum atomic E-state index is -0.397. The topological polar surface area (TPSA) is 75.0 Å². The summed E-state index contributed by atoms with van der Waals surface area (Å²) < 4.78 is 0.330. The first-order valence-electron chi connectivity index (χ1n) is 5.57. The third kappa shape index (κ3) is 2.87. The maximum atomic E-state index is 12.1. The zero-order chi connectivity index (χ0) is 13.8. The molecule has 0 amide bonds. The van der Waals surface area contributed by atoms with E-state index >= 15 is 0 Å². The molecular weight excluding hydrogens is 258 g/mol. The van der Waals surface area contributed by atoms with E-state index in [4.69, 9.17) is 17.5 Å². The van der Waals surface area contributed by atoms with Gasteiger partial charge in [0.2, 0.25) is 0 Å². The summed E-state index contributed by atoms with van der Waals surface area (Å²) in [4.78, 5) is 6.83. The molecule has 0 aliphatic carbocycles. The molecule has 0 aliphatic rings. The maximum Gasteiger partial charge on any atom is 0.121 e. The predicted molar refractivity (Wildman–Crippen MR) is 73.7 cm³/mol. The smallest absolute Gasteiger partial charge is 0.121 e. The van der Waals surface area contributed by atoms with Crippen LogP contribution in [0.3, 0.4) is 0 Å². The van der Waals surface area contributed by atoms with Gasteiger partial charge in [0.05, 0.1) is 11.3 Å². The van der Waals surface area contributed by atoms with Crippen LogP contribution in [0.25, 0.3) is 0 Å². The van der Waals surface area contributed by atoms with Gasteiger partial charge < -0.3 is 10.1 Å². The Kier molecular flexibility index (Phi) is 3.74.